The topological polar surface area (TPSA) is 67.4 Å². The molecular weight excluding hydrogens is 300 g/mol. The number of rotatable bonds is 8. The van der Waals surface area contributed by atoms with Crippen molar-refractivity contribution in [2.75, 3.05) is 12.4 Å². The third kappa shape index (κ3) is 7.28. The molecule has 0 aliphatic heterocycles. The first kappa shape index (κ1) is 18.3. The van der Waals surface area contributed by atoms with Gasteiger partial charge in [-0.05, 0) is 32.4 Å². The fourth-order valence-corrected chi connectivity index (χ4v) is 2.15. The van der Waals surface area contributed by atoms with Crippen LogP contribution in [-0.2, 0) is 14.3 Å². The van der Waals surface area contributed by atoms with Crippen LogP contribution in [0.25, 0.3) is 0 Å². The van der Waals surface area contributed by atoms with E-state index in [1.807, 2.05) is 31.2 Å². The molecule has 1 rings (SSSR count). The molecule has 0 saturated carbocycles. The van der Waals surface area contributed by atoms with Gasteiger partial charge in [-0.1, -0.05) is 23.8 Å². The molecule has 1 aromatic rings. The van der Waals surface area contributed by atoms with Crippen molar-refractivity contribution in [1.82, 2.24) is 10.9 Å². The molecule has 0 aromatic heterocycles. The molecule has 1 unspecified atom stereocenters. The molecule has 6 heteroatoms. The zero-order chi connectivity index (χ0) is 16.4. The summed E-state index contributed by atoms with van der Waals surface area (Å²) in [5.74, 6) is -0.412. The molecule has 0 fully saturated rings. The molecule has 0 bridgehead atoms. The largest absolute Gasteiger partial charge is 0.368 e. The summed E-state index contributed by atoms with van der Waals surface area (Å²) in [6.07, 6.45) is 1.77. The van der Waals surface area contributed by atoms with Gasteiger partial charge < -0.3 is 4.74 Å². The zero-order valence-electron chi connectivity index (χ0n) is 12.9. The number of hydrogen-bond acceptors (Lipinski definition) is 4. The minimum Gasteiger partial charge on any atom is -0.368 e. The highest BCUT2D eigenvalue weighted by atomic mass is 32.2. The van der Waals surface area contributed by atoms with Gasteiger partial charge in [0.25, 0.3) is 5.91 Å². The third-order valence-electron chi connectivity index (χ3n) is 2.78. The Bertz CT molecular complexity index is 503. The Hall–Kier alpha value is -1.79. The van der Waals surface area contributed by atoms with Gasteiger partial charge in [0.1, 0.15) is 6.10 Å². The lowest BCUT2D eigenvalue weighted by Gasteiger charge is -2.13. The second-order valence-electron chi connectivity index (χ2n) is 4.73. The third-order valence-corrected chi connectivity index (χ3v) is 3.79. The van der Waals surface area contributed by atoms with Crippen LogP contribution in [-0.4, -0.2) is 30.3 Å². The van der Waals surface area contributed by atoms with Crippen molar-refractivity contribution < 1.29 is 14.3 Å². The molecular formula is C16H22N2O3S. The molecule has 120 valence electrons. The van der Waals surface area contributed by atoms with Crippen molar-refractivity contribution in [3.8, 4) is 0 Å². The Balaban J connectivity index is 2.23. The van der Waals surface area contributed by atoms with Crippen LogP contribution in [0.5, 0.6) is 0 Å². The Morgan fingerprint density at radius 2 is 2.00 bits per heavy atom. The van der Waals surface area contributed by atoms with Gasteiger partial charge in [0.05, 0.1) is 12.4 Å². The van der Waals surface area contributed by atoms with Gasteiger partial charge in [0.15, 0.2) is 0 Å². The SMILES string of the molecule is C=CCCOC(C)C(=O)NNC(=O)CSc1ccc(C)cc1. The van der Waals surface area contributed by atoms with Gasteiger partial charge >= 0.3 is 0 Å². The van der Waals surface area contributed by atoms with Crippen molar-refractivity contribution in [3.63, 3.8) is 0 Å². The minimum absolute atomic E-state index is 0.231. The highest BCUT2D eigenvalue weighted by Gasteiger charge is 2.13. The maximum absolute atomic E-state index is 11.7. The molecule has 0 aliphatic carbocycles. The molecule has 1 aromatic carbocycles. The Kier molecular flexibility index (Phi) is 8.32. The van der Waals surface area contributed by atoms with Crippen LogP contribution in [0.4, 0.5) is 0 Å². The van der Waals surface area contributed by atoms with E-state index >= 15 is 0 Å². The van der Waals surface area contributed by atoms with E-state index in [0.717, 1.165) is 4.90 Å². The standard InChI is InChI=1S/C16H22N2O3S/c1-4-5-10-21-13(3)16(20)18-17-15(19)11-22-14-8-6-12(2)7-9-14/h4,6-9,13H,1,5,10-11H2,2-3H3,(H,17,19)(H,18,20). The molecule has 0 saturated heterocycles. The van der Waals surface area contributed by atoms with E-state index in [4.69, 9.17) is 4.74 Å². The number of hydrazine groups is 1. The van der Waals surface area contributed by atoms with Crippen LogP contribution in [0.3, 0.4) is 0 Å². The van der Waals surface area contributed by atoms with Gasteiger partial charge in [-0.15, -0.1) is 18.3 Å². The van der Waals surface area contributed by atoms with E-state index in [9.17, 15) is 9.59 Å². The van der Waals surface area contributed by atoms with E-state index in [2.05, 4.69) is 17.4 Å². The summed E-state index contributed by atoms with van der Waals surface area (Å²) in [5, 5.41) is 0. The summed E-state index contributed by atoms with van der Waals surface area (Å²) in [4.78, 5) is 24.3. The van der Waals surface area contributed by atoms with Gasteiger partial charge in [-0.2, -0.15) is 0 Å². The van der Waals surface area contributed by atoms with E-state index in [0.29, 0.717) is 13.0 Å². The van der Waals surface area contributed by atoms with Crippen LogP contribution >= 0.6 is 11.8 Å². The molecule has 22 heavy (non-hydrogen) atoms. The van der Waals surface area contributed by atoms with Crippen LogP contribution in [0.1, 0.15) is 18.9 Å². The van der Waals surface area contributed by atoms with Crippen molar-refractivity contribution in [3.05, 3.63) is 42.5 Å². The van der Waals surface area contributed by atoms with Gasteiger partial charge in [0.2, 0.25) is 5.91 Å². The monoisotopic (exact) mass is 322 g/mol. The number of carbonyl (C=O) groups excluding carboxylic acids is 2. The van der Waals surface area contributed by atoms with Crippen molar-refractivity contribution >= 4 is 23.6 Å². The Labute approximate surface area is 135 Å². The highest BCUT2D eigenvalue weighted by molar-refractivity contribution is 8.00. The molecule has 0 spiro atoms. The van der Waals surface area contributed by atoms with Crippen LogP contribution in [0.15, 0.2) is 41.8 Å². The number of nitrogens with one attached hydrogen (secondary N) is 2. The average Bonchev–Trinajstić information content (AvgIpc) is 2.52. The van der Waals surface area contributed by atoms with Crippen LogP contribution in [0.2, 0.25) is 0 Å². The summed E-state index contributed by atoms with van der Waals surface area (Å²) in [7, 11) is 0. The first-order valence-corrected chi connectivity index (χ1v) is 8.02. The first-order valence-electron chi connectivity index (χ1n) is 7.03. The van der Waals surface area contributed by atoms with Gasteiger partial charge in [-0.25, -0.2) is 0 Å². The summed E-state index contributed by atoms with van der Waals surface area (Å²) in [6, 6.07) is 7.90. The summed E-state index contributed by atoms with van der Waals surface area (Å²) < 4.78 is 5.28. The lowest BCUT2D eigenvalue weighted by molar-refractivity contribution is -0.135. The van der Waals surface area contributed by atoms with Crippen molar-refractivity contribution in [2.24, 2.45) is 0 Å². The normalized spacial score (nSPS) is 11.5. The predicted octanol–water partition coefficient (Wildman–Crippen LogP) is 2.22. The second kappa shape index (κ2) is 10.0. The fourth-order valence-electron chi connectivity index (χ4n) is 1.46. The van der Waals surface area contributed by atoms with Crippen molar-refractivity contribution in [2.45, 2.75) is 31.3 Å². The number of amides is 2. The van der Waals surface area contributed by atoms with Gasteiger partial charge in [-0.3, -0.25) is 20.4 Å². The van der Waals surface area contributed by atoms with Crippen LogP contribution in [0, 0.1) is 6.92 Å². The summed E-state index contributed by atoms with van der Waals surface area (Å²) >= 11 is 1.41. The molecule has 1 atom stereocenters. The molecule has 0 heterocycles. The van der Waals surface area contributed by atoms with E-state index in [1.165, 1.54) is 17.3 Å². The molecule has 0 aliphatic rings. The maximum Gasteiger partial charge on any atom is 0.267 e. The van der Waals surface area contributed by atoms with Gasteiger partial charge in [0, 0.05) is 4.90 Å². The summed E-state index contributed by atoms with van der Waals surface area (Å²) in [6.45, 7) is 7.64. The highest BCUT2D eigenvalue weighted by Crippen LogP contribution is 2.17. The lowest BCUT2D eigenvalue weighted by atomic mass is 10.2. The maximum atomic E-state index is 11.7. The number of ether oxygens (including phenoxy) is 1. The van der Waals surface area contributed by atoms with E-state index in [-0.39, 0.29) is 17.6 Å². The van der Waals surface area contributed by atoms with E-state index < -0.39 is 6.10 Å². The smallest absolute Gasteiger partial charge is 0.267 e. The number of thioether (sulfide) groups is 1. The average molecular weight is 322 g/mol. The Morgan fingerprint density at radius 3 is 2.64 bits per heavy atom. The predicted molar refractivity (Wildman–Crippen MR) is 88.4 cm³/mol. The quantitative estimate of drug-likeness (QED) is 0.333. The van der Waals surface area contributed by atoms with E-state index in [1.54, 1.807) is 13.0 Å². The van der Waals surface area contributed by atoms with Crippen LogP contribution < -0.4 is 10.9 Å². The Morgan fingerprint density at radius 1 is 1.32 bits per heavy atom. The molecule has 0 radical (unpaired) electrons. The number of benzene rings is 1. The molecule has 2 amide bonds. The second-order valence-corrected chi connectivity index (χ2v) is 5.78. The lowest BCUT2D eigenvalue weighted by Crippen LogP contribution is -2.47. The zero-order valence-corrected chi connectivity index (χ0v) is 13.7. The number of hydrogen-bond donors (Lipinski definition) is 2. The fraction of sp³-hybridized carbons (Fsp3) is 0.375. The minimum atomic E-state index is -0.620. The molecule has 2 N–H and O–H groups in total. The molecule has 5 nitrogen and oxygen atoms in total. The van der Waals surface area contributed by atoms with Crippen molar-refractivity contribution in [1.29, 1.82) is 0 Å². The number of carbonyl (C=O) groups is 2. The summed E-state index contributed by atoms with van der Waals surface area (Å²) in [5.41, 5.74) is 5.90. The first-order chi connectivity index (χ1) is 10.5. The number of aryl methyl sites for hydroxylation is 1.